The molecule has 0 aromatic carbocycles. The maximum absolute atomic E-state index is 11.4. The lowest BCUT2D eigenvalue weighted by molar-refractivity contribution is -0.120. The van der Waals surface area contributed by atoms with Gasteiger partial charge in [-0.15, -0.1) is 0 Å². The van der Waals surface area contributed by atoms with Crippen molar-refractivity contribution in [3.05, 3.63) is 0 Å². The highest BCUT2D eigenvalue weighted by Crippen LogP contribution is 2.27. The largest absolute Gasteiger partial charge is 0.381 e. The van der Waals surface area contributed by atoms with E-state index in [0.29, 0.717) is 12.5 Å². The molecule has 1 atom stereocenters. The quantitative estimate of drug-likeness (QED) is 0.623. The Balaban J connectivity index is 1.42. The van der Waals surface area contributed by atoms with Crippen molar-refractivity contribution in [1.82, 2.24) is 10.6 Å². The summed E-state index contributed by atoms with van der Waals surface area (Å²) in [5.74, 6) is 1.59. The van der Waals surface area contributed by atoms with E-state index in [2.05, 4.69) is 10.6 Å². The number of carbonyl (C=O) groups excluding carboxylic acids is 1. The van der Waals surface area contributed by atoms with Crippen LogP contribution in [0.2, 0.25) is 0 Å². The minimum absolute atomic E-state index is 0.134. The molecule has 1 amide bonds. The Kier molecular flexibility index (Phi) is 4.60. The van der Waals surface area contributed by atoms with Gasteiger partial charge in [0, 0.05) is 19.8 Å². The summed E-state index contributed by atoms with van der Waals surface area (Å²) in [6.45, 7) is 4.06. The summed E-state index contributed by atoms with van der Waals surface area (Å²) >= 11 is 0. The van der Waals surface area contributed by atoms with Gasteiger partial charge in [-0.1, -0.05) is 0 Å². The summed E-state index contributed by atoms with van der Waals surface area (Å²) in [7, 11) is 0. The molecular weight excluding hydrogens is 204 g/mol. The summed E-state index contributed by atoms with van der Waals surface area (Å²) in [5, 5.41) is 6.14. The van der Waals surface area contributed by atoms with E-state index in [0.717, 1.165) is 38.6 Å². The van der Waals surface area contributed by atoms with Gasteiger partial charge in [0.1, 0.15) is 0 Å². The van der Waals surface area contributed by atoms with Gasteiger partial charge in [-0.3, -0.25) is 4.79 Å². The van der Waals surface area contributed by atoms with Gasteiger partial charge in [0.2, 0.25) is 5.91 Å². The Labute approximate surface area is 97.1 Å². The molecule has 1 saturated heterocycles. The molecule has 2 aliphatic rings. The van der Waals surface area contributed by atoms with Crippen LogP contribution in [0.4, 0.5) is 0 Å². The number of hydrogen-bond acceptors (Lipinski definition) is 3. The van der Waals surface area contributed by atoms with Gasteiger partial charge < -0.3 is 15.4 Å². The van der Waals surface area contributed by atoms with Gasteiger partial charge in [-0.2, -0.15) is 0 Å². The van der Waals surface area contributed by atoms with Crippen LogP contribution in [0.15, 0.2) is 0 Å². The fourth-order valence-corrected chi connectivity index (χ4v) is 1.96. The summed E-state index contributed by atoms with van der Waals surface area (Å²) in [6.07, 6.45) is 4.87. The molecule has 2 N–H and O–H groups in total. The van der Waals surface area contributed by atoms with E-state index in [4.69, 9.17) is 4.74 Å². The number of amides is 1. The monoisotopic (exact) mass is 226 g/mol. The van der Waals surface area contributed by atoms with Crippen molar-refractivity contribution in [2.75, 3.05) is 32.8 Å². The Morgan fingerprint density at radius 3 is 2.81 bits per heavy atom. The van der Waals surface area contributed by atoms with Gasteiger partial charge in [-0.05, 0) is 44.1 Å². The van der Waals surface area contributed by atoms with Crippen LogP contribution in [0.5, 0.6) is 0 Å². The van der Waals surface area contributed by atoms with E-state index in [1.165, 1.54) is 19.3 Å². The van der Waals surface area contributed by atoms with Crippen LogP contribution in [0.1, 0.15) is 25.7 Å². The van der Waals surface area contributed by atoms with E-state index >= 15 is 0 Å². The molecule has 1 aliphatic carbocycles. The summed E-state index contributed by atoms with van der Waals surface area (Å²) in [5.41, 5.74) is 0. The lowest BCUT2D eigenvalue weighted by atomic mass is 10.1. The fraction of sp³-hybridized carbons (Fsp3) is 0.917. The first-order valence-electron chi connectivity index (χ1n) is 6.40. The maximum atomic E-state index is 11.4. The van der Waals surface area contributed by atoms with Crippen LogP contribution in [0.3, 0.4) is 0 Å². The highest BCUT2D eigenvalue weighted by Gasteiger charge is 2.21. The molecule has 0 spiro atoms. The van der Waals surface area contributed by atoms with Gasteiger partial charge in [0.15, 0.2) is 0 Å². The van der Waals surface area contributed by atoms with Crippen LogP contribution in [-0.4, -0.2) is 38.8 Å². The van der Waals surface area contributed by atoms with Gasteiger partial charge in [0.25, 0.3) is 0 Å². The number of rotatable bonds is 7. The minimum atomic E-state index is 0.134. The van der Waals surface area contributed by atoms with E-state index in [9.17, 15) is 4.79 Å². The Hall–Kier alpha value is -0.610. The highest BCUT2D eigenvalue weighted by atomic mass is 16.5. The zero-order chi connectivity index (χ0) is 11.2. The minimum Gasteiger partial charge on any atom is -0.381 e. The molecular formula is C12H22N2O2. The zero-order valence-electron chi connectivity index (χ0n) is 9.84. The number of hydrogen-bond donors (Lipinski definition) is 2. The number of ether oxygens (including phenoxy) is 1. The van der Waals surface area contributed by atoms with Crippen molar-refractivity contribution in [1.29, 1.82) is 0 Å². The Morgan fingerprint density at radius 2 is 2.12 bits per heavy atom. The molecule has 4 nitrogen and oxygen atoms in total. The first kappa shape index (κ1) is 11.9. The van der Waals surface area contributed by atoms with E-state index < -0.39 is 0 Å². The Bertz CT molecular complexity index is 223. The van der Waals surface area contributed by atoms with Crippen molar-refractivity contribution >= 4 is 5.91 Å². The van der Waals surface area contributed by atoms with Crippen LogP contribution in [0.25, 0.3) is 0 Å². The third-order valence-electron chi connectivity index (χ3n) is 3.32. The third kappa shape index (κ3) is 4.49. The Morgan fingerprint density at radius 1 is 1.25 bits per heavy atom. The fourth-order valence-electron chi connectivity index (χ4n) is 1.96. The van der Waals surface area contributed by atoms with Crippen molar-refractivity contribution in [3.8, 4) is 0 Å². The molecule has 92 valence electrons. The lowest BCUT2D eigenvalue weighted by Gasteiger charge is -2.08. The molecule has 0 aromatic heterocycles. The molecule has 1 unspecified atom stereocenters. The van der Waals surface area contributed by atoms with E-state index in [1.54, 1.807) is 0 Å². The molecule has 0 radical (unpaired) electrons. The second-order valence-corrected chi connectivity index (χ2v) is 4.94. The van der Waals surface area contributed by atoms with Crippen LogP contribution in [-0.2, 0) is 9.53 Å². The standard InChI is InChI=1S/C12H22N2O2/c15-12(14-7-10-1-2-10)8-13-5-3-11-4-6-16-9-11/h10-11,13H,1-9H2,(H,14,15). The van der Waals surface area contributed by atoms with Crippen LogP contribution < -0.4 is 10.6 Å². The molecule has 2 fully saturated rings. The van der Waals surface area contributed by atoms with Crippen molar-refractivity contribution in [3.63, 3.8) is 0 Å². The molecule has 1 aliphatic heterocycles. The van der Waals surface area contributed by atoms with Crippen LogP contribution in [0, 0.1) is 11.8 Å². The predicted octanol–water partition coefficient (Wildman–Crippen LogP) is 0.529. The zero-order valence-corrected chi connectivity index (χ0v) is 9.84. The molecule has 1 saturated carbocycles. The average Bonchev–Trinajstić information content (AvgIpc) is 2.97. The first-order chi connectivity index (χ1) is 7.84. The molecule has 2 rings (SSSR count). The first-order valence-corrected chi connectivity index (χ1v) is 6.40. The van der Waals surface area contributed by atoms with E-state index in [-0.39, 0.29) is 5.91 Å². The lowest BCUT2D eigenvalue weighted by Crippen LogP contribution is -2.35. The number of carbonyl (C=O) groups is 1. The van der Waals surface area contributed by atoms with Gasteiger partial charge >= 0.3 is 0 Å². The second kappa shape index (κ2) is 6.21. The van der Waals surface area contributed by atoms with Crippen molar-refractivity contribution in [2.24, 2.45) is 11.8 Å². The predicted molar refractivity (Wildman–Crippen MR) is 62.1 cm³/mol. The smallest absolute Gasteiger partial charge is 0.233 e. The summed E-state index contributed by atoms with van der Waals surface area (Å²) in [4.78, 5) is 11.4. The van der Waals surface area contributed by atoms with Gasteiger partial charge in [0.05, 0.1) is 6.54 Å². The second-order valence-electron chi connectivity index (χ2n) is 4.94. The van der Waals surface area contributed by atoms with Crippen molar-refractivity contribution in [2.45, 2.75) is 25.7 Å². The summed E-state index contributed by atoms with van der Waals surface area (Å²) in [6, 6.07) is 0. The van der Waals surface area contributed by atoms with Gasteiger partial charge in [-0.25, -0.2) is 0 Å². The molecule has 0 bridgehead atoms. The number of nitrogens with one attached hydrogen (secondary N) is 2. The molecule has 4 heteroatoms. The molecule has 1 heterocycles. The highest BCUT2D eigenvalue weighted by molar-refractivity contribution is 5.77. The average molecular weight is 226 g/mol. The SMILES string of the molecule is O=C(CNCCC1CCOC1)NCC1CC1. The van der Waals surface area contributed by atoms with Crippen molar-refractivity contribution < 1.29 is 9.53 Å². The topological polar surface area (TPSA) is 50.4 Å². The summed E-state index contributed by atoms with van der Waals surface area (Å²) < 4.78 is 5.30. The normalized spacial score (nSPS) is 24.6. The molecule has 0 aromatic rings. The molecule has 16 heavy (non-hydrogen) atoms. The third-order valence-corrected chi connectivity index (χ3v) is 3.32. The van der Waals surface area contributed by atoms with Crippen LogP contribution >= 0.6 is 0 Å². The van der Waals surface area contributed by atoms with E-state index in [1.807, 2.05) is 0 Å². The maximum Gasteiger partial charge on any atom is 0.233 e.